The molecule has 5 nitrogen and oxygen atoms in total. The Labute approximate surface area is 91.1 Å². The van der Waals surface area contributed by atoms with Gasteiger partial charge in [0.2, 0.25) is 0 Å². The molecule has 1 heterocycles. The van der Waals surface area contributed by atoms with E-state index in [0.717, 1.165) is 4.57 Å². The molecule has 1 aromatic carbocycles. The summed E-state index contributed by atoms with van der Waals surface area (Å²) in [6.07, 6.45) is 0.173. The lowest BCUT2D eigenvalue weighted by Crippen LogP contribution is -2.05. The van der Waals surface area contributed by atoms with Gasteiger partial charge in [0.1, 0.15) is 11.8 Å². The minimum absolute atomic E-state index is 0.333. The van der Waals surface area contributed by atoms with Gasteiger partial charge in [-0.3, -0.25) is 4.57 Å². The van der Waals surface area contributed by atoms with E-state index >= 15 is 0 Å². The summed E-state index contributed by atoms with van der Waals surface area (Å²) in [6.45, 7) is 0. The van der Waals surface area contributed by atoms with Gasteiger partial charge in [-0.1, -0.05) is 0 Å². The number of benzene rings is 1. The molecular weight excluding hydrogens is 208 g/mol. The molecule has 0 fully saturated rings. The number of carboxylic acid groups (broad SMARTS) is 1. The Morgan fingerprint density at radius 3 is 2.88 bits per heavy atom. The molecule has 80 valence electrons. The third-order valence-electron chi connectivity index (χ3n) is 2.34. The number of aromatic nitrogens is 1. The highest BCUT2D eigenvalue weighted by Gasteiger charge is 2.12. The number of carbonyl (C=O) groups is 1. The van der Waals surface area contributed by atoms with Crippen molar-refractivity contribution in [2.45, 2.75) is 0 Å². The zero-order valence-electron chi connectivity index (χ0n) is 8.47. The van der Waals surface area contributed by atoms with E-state index in [2.05, 4.69) is 0 Å². The second-order valence-corrected chi connectivity index (χ2v) is 3.19. The summed E-state index contributed by atoms with van der Waals surface area (Å²) in [4.78, 5) is 11.0. The normalized spacial score (nSPS) is 10.0. The first-order valence-corrected chi connectivity index (χ1v) is 4.50. The number of nitrogens with zero attached hydrogens (tertiary/aromatic N) is 2. The van der Waals surface area contributed by atoms with Gasteiger partial charge in [0.05, 0.1) is 18.2 Å². The summed E-state index contributed by atoms with van der Waals surface area (Å²) in [5, 5.41) is 18.4. The summed E-state index contributed by atoms with van der Waals surface area (Å²) >= 11 is 0. The van der Waals surface area contributed by atoms with Crippen LogP contribution in [0.2, 0.25) is 0 Å². The second-order valence-electron chi connectivity index (χ2n) is 3.19. The minimum Gasteiger partial charge on any atom is -0.497 e. The van der Waals surface area contributed by atoms with Crippen LogP contribution in [0.4, 0.5) is 4.79 Å². The van der Waals surface area contributed by atoms with Crippen LogP contribution in [0.25, 0.3) is 10.9 Å². The highest BCUT2D eigenvalue weighted by molar-refractivity contribution is 5.93. The number of fused-ring (bicyclic) bond motifs is 1. The van der Waals surface area contributed by atoms with Gasteiger partial charge in [-0.2, -0.15) is 5.26 Å². The molecule has 2 rings (SSSR count). The van der Waals surface area contributed by atoms with Gasteiger partial charge >= 0.3 is 6.09 Å². The third kappa shape index (κ3) is 1.37. The summed E-state index contributed by atoms with van der Waals surface area (Å²) in [5.74, 6) is 0.553. The van der Waals surface area contributed by atoms with Gasteiger partial charge in [0.15, 0.2) is 0 Å². The zero-order valence-corrected chi connectivity index (χ0v) is 8.47. The number of methoxy groups -OCH3 is 1. The number of ether oxygens (including phenoxy) is 1. The maximum Gasteiger partial charge on any atom is 0.416 e. The average Bonchev–Trinajstić information content (AvgIpc) is 2.66. The fraction of sp³-hybridized carbons (Fsp3) is 0.0909. The molecule has 0 spiro atoms. The molecule has 0 saturated carbocycles. The highest BCUT2D eigenvalue weighted by Crippen LogP contribution is 2.25. The fourth-order valence-electron chi connectivity index (χ4n) is 1.58. The largest absolute Gasteiger partial charge is 0.497 e. The van der Waals surface area contributed by atoms with E-state index in [1.165, 1.54) is 13.3 Å². The Morgan fingerprint density at radius 2 is 2.31 bits per heavy atom. The van der Waals surface area contributed by atoms with Crippen LogP contribution in [0, 0.1) is 11.3 Å². The molecule has 2 aromatic rings. The Morgan fingerprint density at radius 1 is 1.56 bits per heavy atom. The lowest BCUT2D eigenvalue weighted by atomic mass is 10.2. The molecule has 5 heteroatoms. The SMILES string of the molecule is COc1ccc2c(C#N)cn(C(=O)O)c2c1. The van der Waals surface area contributed by atoms with Gasteiger partial charge in [0.25, 0.3) is 0 Å². The summed E-state index contributed by atoms with van der Waals surface area (Å²) in [7, 11) is 1.50. The van der Waals surface area contributed by atoms with Crippen molar-refractivity contribution in [1.29, 1.82) is 5.26 Å². The lowest BCUT2D eigenvalue weighted by Gasteiger charge is -2.01. The van der Waals surface area contributed by atoms with Crippen LogP contribution in [-0.4, -0.2) is 22.9 Å². The predicted octanol–water partition coefficient (Wildman–Crippen LogP) is 2.05. The van der Waals surface area contributed by atoms with Crippen LogP contribution >= 0.6 is 0 Å². The van der Waals surface area contributed by atoms with Gasteiger partial charge in [-0.05, 0) is 12.1 Å². The van der Waals surface area contributed by atoms with E-state index in [1.54, 1.807) is 18.2 Å². The summed E-state index contributed by atoms with van der Waals surface area (Å²) < 4.78 is 6.02. The van der Waals surface area contributed by atoms with Crippen molar-refractivity contribution in [3.8, 4) is 11.8 Å². The smallest absolute Gasteiger partial charge is 0.416 e. The van der Waals surface area contributed by atoms with E-state index in [-0.39, 0.29) is 0 Å². The molecule has 0 aliphatic carbocycles. The lowest BCUT2D eigenvalue weighted by molar-refractivity contribution is 0.197. The highest BCUT2D eigenvalue weighted by atomic mass is 16.5. The number of hydrogen-bond acceptors (Lipinski definition) is 3. The molecule has 0 radical (unpaired) electrons. The summed E-state index contributed by atoms with van der Waals surface area (Å²) in [6, 6.07) is 6.91. The van der Waals surface area contributed by atoms with E-state index in [0.29, 0.717) is 22.2 Å². The Bertz CT molecular complexity index is 607. The van der Waals surface area contributed by atoms with Gasteiger partial charge < -0.3 is 9.84 Å². The van der Waals surface area contributed by atoms with E-state index in [4.69, 9.17) is 15.1 Å². The quantitative estimate of drug-likeness (QED) is 0.791. The number of hydrogen-bond donors (Lipinski definition) is 1. The first kappa shape index (κ1) is 10.1. The summed E-state index contributed by atoms with van der Waals surface area (Å²) in [5.41, 5.74) is 0.781. The van der Waals surface area contributed by atoms with Gasteiger partial charge in [-0.15, -0.1) is 0 Å². The molecule has 0 atom stereocenters. The van der Waals surface area contributed by atoms with Crippen LogP contribution in [0.3, 0.4) is 0 Å². The second kappa shape index (κ2) is 3.59. The molecule has 0 amide bonds. The van der Waals surface area contributed by atoms with Crippen LogP contribution in [-0.2, 0) is 0 Å². The molecule has 1 N–H and O–H groups in total. The first-order chi connectivity index (χ1) is 7.67. The molecule has 0 aliphatic rings. The molecule has 0 aliphatic heterocycles. The van der Waals surface area contributed by atoms with E-state index < -0.39 is 6.09 Å². The molecule has 0 bridgehead atoms. The van der Waals surface area contributed by atoms with Crippen LogP contribution in [0.1, 0.15) is 5.56 Å². The zero-order chi connectivity index (χ0) is 11.7. The number of nitriles is 1. The van der Waals surface area contributed by atoms with Crippen molar-refractivity contribution in [3.05, 3.63) is 30.0 Å². The van der Waals surface area contributed by atoms with Crippen molar-refractivity contribution in [2.75, 3.05) is 7.11 Å². The van der Waals surface area contributed by atoms with E-state index in [1.807, 2.05) is 6.07 Å². The Hall–Kier alpha value is -2.48. The standard InChI is InChI=1S/C11H8N2O3/c1-16-8-2-3-9-7(5-12)6-13(11(14)15)10(9)4-8/h2-4,6H,1H3,(H,14,15). The van der Waals surface area contributed by atoms with Crippen molar-refractivity contribution in [2.24, 2.45) is 0 Å². The van der Waals surface area contributed by atoms with Crippen LogP contribution < -0.4 is 4.74 Å². The maximum atomic E-state index is 11.0. The van der Waals surface area contributed by atoms with Crippen LogP contribution in [0.5, 0.6) is 5.75 Å². The average molecular weight is 216 g/mol. The molecular formula is C11H8N2O3. The van der Waals surface area contributed by atoms with Crippen molar-refractivity contribution in [1.82, 2.24) is 4.57 Å². The maximum absolute atomic E-state index is 11.0. The molecule has 0 unspecified atom stereocenters. The fourth-order valence-corrected chi connectivity index (χ4v) is 1.58. The number of rotatable bonds is 1. The Balaban J connectivity index is 2.82. The monoisotopic (exact) mass is 216 g/mol. The topological polar surface area (TPSA) is 75.2 Å². The van der Waals surface area contributed by atoms with Crippen molar-refractivity contribution >= 4 is 17.0 Å². The van der Waals surface area contributed by atoms with Crippen molar-refractivity contribution in [3.63, 3.8) is 0 Å². The minimum atomic E-state index is -1.13. The van der Waals surface area contributed by atoms with Crippen LogP contribution in [0.15, 0.2) is 24.4 Å². The third-order valence-corrected chi connectivity index (χ3v) is 2.34. The molecule has 0 saturated heterocycles. The van der Waals surface area contributed by atoms with E-state index in [9.17, 15) is 4.79 Å². The predicted molar refractivity (Wildman–Crippen MR) is 56.6 cm³/mol. The first-order valence-electron chi connectivity index (χ1n) is 4.50. The van der Waals surface area contributed by atoms with Crippen molar-refractivity contribution < 1.29 is 14.6 Å². The van der Waals surface area contributed by atoms with Gasteiger partial charge in [-0.25, -0.2) is 4.79 Å². The van der Waals surface area contributed by atoms with Gasteiger partial charge in [0, 0.05) is 17.6 Å². The Kier molecular flexibility index (Phi) is 2.25. The molecule has 1 aromatic heterocycles. The molecule has 16 heavy (non-hydrogen) atoms.